The van der Waals surface area contributed by atoms with Crippen LogP contribution in [-0.2, 0) is 9.59 Å². The van der Waals surface area contributed by atoms with Gasteiger partial charge in [-0.05, 0) is 38.3 Å². The van der Waals surface area contributed by atoms with Gasteiger partial charge in [0.15, 0.2) is 11.5 Å². The first-order valence-corrected chi connectivity index (χ1v) is 9.59. The number of hydrogen-bond donors (Lipinski definition) is 2. The van der Waals surface area contributed by atoms with Crippen LogP contribution in [-0.4, -0.2) is 37.6 Å². The zero-order valence-electron chi connectivity index (χ0n) is 15.6. The molecule has 1 aromatic rings. The first-order valence-electron chi connectivity index (χ1n) is 9.59. The monoisotopic (exact) mass is 362 g/mol. The summed E-state index contributed by atoms with van der Waals surface area (Å²) in [6.45, 7) is 3.33. The average molecular weight is 362 g/mol. The zero-order chi connectivity index (χ0) is 18.6. The summed E-state index contributed by atoms with van der Waals surface area (Å²) in [5.74, 6) is 1.37. The van der Waals surface area contributed by atoms with Crippen LogP contribution in [0.5, 0.6) is 11.5 Å². The quantitative estimate of drug-likeness (QED) is 0.594. The molecule has 2 amide bonds. The fraction of sp³-hybridized carbons (Fsp3) is 0.600. The van der Waals surface area contributed by atoms with Crippen molar-refractivity contribution < 1.29 is 19.1 Å². The Morgan fingerprint density at radius 3 is 2.42 bits per heavy atom. The normalized spacial score (nSPS) is 14.0. The van der Waals surface area contributed by atoms with Gasteiger partial charge in [0.05, 0.1) is 13.2 Å². The van der Waals surface area contributed by atoms with Crippen molar-refractivity contribution in [3.8, 4) is 11.5 Å². The number of rotatable bonds is 11. The SMILES string of the molecule is CCOc1ccccc1OCCCC(=O)NCCC(=O)NC1CCCC1. The number of ether oxygens (including phenoxy) is 2. The summed E-state index contributed by atoms with van der Waals surface area (Å²) in [6, 6.07) is 7.83. The fourth-order valence-electron chi connectivity index (χ4n) is 3.03. The second kappa shape index (κ2) is 11.4. The Morgan fingerprint density at radius 2 is 1.73 bits per heavy atom. The number of nitrogens with one attached hydrogen (secondary N) is 2. The van der Waals surface area contributed by atoms with Gasteiger partial charge in [-0.25, -0.2) is 0 Å². The van der Waals surface area contributed by atoms with Gasteiger partial charge in [-0.1, -0.05) is 25.0 Å². The summed E-state index contributed by atoms with van der Waals surface area (Å²) < 4.78 is 11.2. The Kier molecular flexibility index (Phi) is 8.79. The Bertz CT molecular complexity index is 571. The molecule has 0 spiro atoms. The largest absolute Gasteiger partial charge is 0.490 e. The van der Waals surface area contributed by atoms with Crippen LogP contribution < -0.4 is 20.1 Å². The van der Waals surface area contributed by atoms with Crippen LogP contribution in [0.3, 0.4) is 0 Å². The Labute approximate surface area is 155 Å². The lowest BCUT2D eigenvalue weighted by Gasteiger charge is -2.12. The summed E-state index contributed by atoms with van der Waals surface area (Å²) in [7, 11) is 0. The Balaban J connectivity index is 1.54. The van der Waals surface area contributed by atoms with Crippen molar-refractivity contribution in [3.05, 3.63) is 24.3 Å². The number of amides is 2. The maximum Gasteiger partial charge on any atom is 0.221 e. The molecule has 1 aliphatic carbocycles. The predicted octanol–water partition coefficient (Wildman–Crippen LogP) is 2.81. The first kappa shape index (κ1) is 20.1. The maximum atomic E-state index is 11.8. The number of benzene rings is 1. The van der Waals surface area contributed by atoms with E-state index in [-0.39, 0.29) is 11.8 Å². The third-order valence-electron chi connectivity index (χ3n) is 4.35. The van der Waals surface area contributed by atoms with Crippen molar-refractivity contribution in [2.75, 3.05) is 19.8 Å². The highest BCUT2D eigenvalue weighted by Crippen LogP contribution is 2.26. The minimum atomic E-state index is -0.0552. The second-order valence-corrected chi connectivity index (χ2v) is 6.48. The van der Waals surface area contributed by atoms with E-state index in [0.717, 1.165) is 12.8 Å². The minimum Gasteiger partial charge on any atom is -0.490 e. The Morgan fingerprint density at radius 1 is 1.04 bits per heavy atom. The van der Waals surface area contributed by atoms with Gasteiger partial charge in [-0.2, -0.15) is 0 Å². The summed E-state index contributed by atoms with van der Waals surface area (Å²) >= 11 is 0. The van der Waals surface area contributed by atoms with Gasteiger partial charge in [0, 0.05) is 25.4 Å². The predicted molar refractivity (Wildman–Crippen MR) is 100 cm³/mol. The van der Waals surface area contributed by atoms with Crippen LogP contribution in [0.15, 0.2) is 24.3 Å². The lowest BCUT2D eigenvalue weighted by molar-refractivity contribution is -0.122. The van der Waals surface area contributed by atoms with Crippen molar-refractivity contribution in [3.63, 3.8) is 0 Å². The molecule has 0 aliphatic heterocycles. The molecule has 1 aromatic carbocycles. The van der Waals surface area contributed by atoms with E-state index in [0.29, 0.717) is 56.6 Å². The summed E-state index contributed by atoms with van der Waals surface area (Å²) in [5, 5.41) is 5.81. The highest BCUT2D eigenvalue weighted by Gasteiger charge is 2.16. The number of para-hydroxylation sites is 2. The molecule has 1 fully saturated rings. The summed E-state index contributed by atoms with van der Waals surface area (Å²) in [5.41, 5.74) is 0. The molecule has 0 aromatic heterocycles. The van der Waals surface area contributed by atoms with E-state index < -0.39 is 0 Å². The lowest BCUT2D eigenvalue weighted by Crippen LogP contribution is -2.35. The van der Waals surface area contributed by atoms with Gasteiger partial charge in [-0.15, -0.1) is 0 Å². The molecule has 2 N–H and O–H groups in total. The zero-order valence-corrected chi connectivity index (χ0v) is 15.6. The van der Waals surface area contributed by atoms with E-state index in [1.807, 2.05) is 31.2 Å². The van der Waals surface area contributed by atoms with Crippen molar-refractivity contribution >= 4 is 11.8 Å². The fourth-order valence-corrected chi connectivity index (χ4v) is 3.03. The molecule has 0 heterocycles. The van der Waals surface area contributed by atoms with E-state index in [4.69, 9.17) is 9.47 Å². The van der Waals surface area contributed by atoms with Crippen molar-refractivity contribution in [2.24, 2.45) is 0 Å². The highest BCUT2D eigenvalue weighted by atomic mass is 16.5. The maximum absolute atomic E-state index is 11.8. The minimum absolute atomic E-state index is 0.0214. The molecule has 2 rings (SSSR count). The van der Waals surface area contributed by atoms with Crippen molar-refractivity contribution in [2.45, 2.75) is 57.9 Å². The molecule has 144 valence electrons. The molecule has 0 saturated heterocycles. The molecule has 1 aliphatic rings. The van der Waals surface area contributed by atoms with Crippen LogP contribution in [0.25, 0.3) is 0 Å². The van der Waals surface area contributed by atoms with Gasteiger partial charge in [0.1, 0.15) is 0 Å². The van der Waals surface area contributed by atoms with Crippen LogP contribution in [0.4, 0.5) is 0 Å². The van der Waals surface area contributed by atoms with Gasteiger partial charge < -0.3 is 20.1 Å². The standard InChI is InChI=1S/C20H30N2O4/c1-2-25-17-10-5-6-11-18(17)26-15-7-12-19(23)21-14-13-20(24)22-16-8-3-4-9-16/h5-6,10-11,16H,2-4,7-9,12-15H2,1H3,(H,21,23)(H,22,24). The van der Waals surface area contributed by atoms with Crippen molar-refractivity contribution in [1.82, 2.24) is 10.6 Å². The molecule has 1 saturated carbocycles. The van der Waals surface area contributed by atoms with Crippen LogP contribution in [0, 0.1) is 0 Å². The molecule has 0 radical (unpaired) electrons. The van der Waals surface area contributed by atoms with Crippen LogP contribution >= 0.6 is 0 Å². The second-order valence-electron chi connectivity index (χ2n) is 6.48. The molecule has 0 bridgehead atoms. The molecule has 0 atom stereocenters. The first-order chi connectivity index (χ1) is 12.7. The third kappa shape index (κ3) is 7.33. The molecule has 6 heteroatoms. The molecular formula is C20H30N2O4. The van der Waals surface area contributed by atoms with E-state index in [1.54, 1.807) is 0 Å². The van der Waals surface area contributed by atoms with E-state index in [9.17, 15) is 9.59 Å². The summed E-state index contributed by atoms with van der Waals surface area (Å²) in [4.78, 5) is 23.6. The molecular weight excluding hydrogens is 332 g/mol. The molecule has 26 heavy (non-hydrogen) atoms. The van der Waals surface area contributed by atoms with E-state index >= 15 is 0 Å². The van der Waals surface area contributed by atoms with Crippen molar-refractivity contribution in [1.29, 1.82) is 0 Å². The third-order valence-corrected chi connectivity index (χ3v) is 4.35. The smallest absolute Gasteiger partial charge is 0.221 e. The van der Waals surface area contributed by atoms with Crippen LogP contribution in [0.1, 0.15) is 51.9 Å². The van der Waals surface area contributed by atoms with Gasteiger partial charge in [-0.3, -0.25) is 9.59 Å². The number of carbonyl (C=O) groups excluding carboxylic acids is 2. The lowest BCUT2D eigenvalue weighted by atomic mass is 10.2. The molecule has 0 unspecified atom stereocenters. The van der Waals surface area contributed by atoms with E-state index in [1.165, 1.54) is 12.8 Å². The Hall–Kier alpha value is -2.24. The highest BCUT2D eigenvalue weighted by molar-refractivity contribution is 5.79. The summed E-state index contributed by atoms with van der Waals surface area (Å²) in [6.07, 6.45) is 5.86. The van der Waals surface area contributed by atoms with Gasteiger partial charge in [0.2, 0.25) is 11.8 Å². The topological polar surface area (TPSA) is 76.7 Å². The van der Waals surface area contributed by atoms with Gasteiger partial charge in [0.25, 0.3) is 0 Å². The van der Waals surface area contributed by atoms with E-state index in [2.05, 4.69) is 10.6 Å². The number of hydrogen-bond acceptors (Lipinski definition) is 4. The number of carbonyl (C=O) groups is 2. The van der Waals surface area contributed by atoms with Gasteiger partial charge >= 0.3 is 0 Å². The average Bonchev–Trinajstić information content (AvgIpc) is 3.13. The van der Waals surface area contributed by atoms with Crippen LogP contribution in [0.2, 0.25) is 0 Å². The molecule has 6 nitrogen and oxygen atoms in total.